The molecular formula is C21H22N6O. The number of hydrogen-bond donors (Lipinski definition) is 1. The maximum Gasteiger partial charge on any atom is 0.260 e. The number of carbonyl (C=O) groups is 1. The SMILES string of the molecule is N#CN1CC[C@@H](N(C(=O)c2ccc3c(c2)CCN3)c2nccc(C3CC3)n2)C1. The van der Waals surface area contributed by atoms with Crippen LogP contribution in [0, 0.1) is 11.5 Å². The van der Waals surface area contributed by atoms with Crippen molar-refractivity contribution < 1.29 is 4.79 Å². The maximum absolute atomic E-state index is 13.5. The van der Waals surface area contributed by atoms with Crippen molar-refractivity contribution in [2.24, 2.45) is 0 Å². The predicted octanol–water partition coefficient (Wildman–Crippen LogP) is 2.52. The number of anilines is 2. The minimum Gasteiger partial charge on any atom is -0.384 e. The number of hydrogen-bond acceptors (Lipinski definition) is 6. The fourth-order valence-electron chi connectivity index (χ4n) is 4.12. The lowest BCUT2D eigenvalue weighted by Crippen LogP contribution is -2.43. The molecule has 1 saturated carbocycles. The second-order valence-corrected chi connectivity index (χ2v) is 7.77. The molecule has 28 heavy (non-hydrogen) atoms. The van der Waals surface area contributed by atoms with Gasteiger partial charge in [0.2, 0.25) is 5.95 Å². The summed E-state index contributed by atoms with van der Waals surface area (Å²) >= 11 is 0. The molecule has 142 valence electrons. The number of carbonyl (C=O) groups excluding carboxylic acids is 1. The van der Waals surface area contributed by atoms with E-state index in [0.29, 0.717) is 30.5 Å². The van der Waals surface area contributed by atoms with Crippen LogP contribution in [0.2, 0.25) is 0 Å². The summed E-state index contributed by atoms with van der Waals surface area (Å²) in [6, 6.07) is 7.67. The van der Waals surface area contributed by atoms with Crippen LogP contribution in [-0.2, 0) is 6.42 Å². The van der Waals surface area contributed by atoms with E-state index in [4.69, 9.17) is 4.98 Å². The fraction of sp³-hybridized carbons (Fsp3) is 0.429. The number of amides is 1. The Morgan fingerprint density at radius 2 is 2.18 bits per heavy atom. The molecule has 2 fully saturated rings. The van der Waals surface area contributed by atoms with Crippen LogP contribution in [-0.4, -0.2) is 46.5 Å². The summed E-state index contributed by atoms with van der Waals surface area (Å²) < 4.78 is 0. The molecule has 0 bridgehead atoms. The summed E-state index contributed by atoms with van der Waals surface area (Å²) in [5.74, 6) is 0.856. The van der Waals surface area contributed by atoms with Gasteiger partial charge in [0.1, 0.15) is 0 Å². The first kappa shape index (κ1) is 17.0. The van der Waals surface area contributed by atoms with Crippen molar-refractivity contribution in [2.75, 3.05) is 29.9 Å². The summed E-state index contributed by atoms with van der Waals surface area (Å²) in [7, 11) is 0. The highest BCUT2D eigenvalue weighted by molar-refractivity contribution is 6.06. The number of aromatic nitrogens is 2. The average Bonchev–Trinajstić information content (AvgIpc) is 3.29. The lowest BCUT2D eigenvalue weighted by Gasteiger charge is -2.27. The third-order valence-electron chi connectivity index (χ3n) is 5.83. The second kappa shape index (κ2) is 6.79. The van der Waals surface area contributed by atoms with E-state index >= 15 is 0 Å². The van der Waals surface area contributed by atoms with Crippen LogP contribution in [0.3, 0.4) is 0 Å². The van der Waals surface area contributed by atoms with Gasteiger partial charge in [0.25, 0.3) is 5.91 Å². The molecule has 1 amide bonds. The highest BCUT2D eigenvalue weighted by Crippen LogP contribution is 2.39. The zero-order valence-electron chi connectivity index (χ0n) is 15.6. The van der Waals surface area contributed by atoms with Crippen LogP contribution in [0.4, 0.5) is 11.6 Å². The van der Waals surface area contributed by atoms with Crippen molar-refractivity contribution in [3.05, 3.63) is 47.3 Å². The normalized spacial score (nSPS) is 20.4. The molecule has 5 rings (SSSR count). The Bertz CT molecular complexity index is 964. The number of benzene rings is 1. The van der Waals surface area contributed by atoms with E-state index in [-0.39, 0.29) is 11.9 Å². The molecule has 3 aliphatic rings. The molecule has 2 aromatic rings. The number of nitrogens with one attached hydrogen (secondary N) is 1. The fourth-order valence-corrected chi connectivity index (χ4v) is 4.12. The van der Waals surface area contributed by atoms with Crippen LogP contribution >= 0.6 is 0 Å². The Morgan fingerprint density at radius 1 is 1.29 bits per heavy atom. The highest BCUT2D eigenvalue weighted by atomic mass is 16.2. The molecule has 0 unspecified atom stereocenters. The van der Waals surface area contributed by atoms with Crippen LogP contribution in [0.25, 0.3) is 0 Å². The van der Waals surface area contributed by atoms with Gasteiger partial charge in [-0.25, -0.2) is 9.97 Å². The molecule has 1 aromatic heterocycles. The molecule has 7 heteroatoms. The van der Waals surface area contributed by atoms with E-state index in [1.807, 2.05) is 24.3 Å². The van der Waals surface area contributed by atoms with E-state index in [1.54, 1.807) is 16.0 Å². The Balaban J connectivity index is 1.51. The zero-order valence-corrected chi connectivity index (χ0v) is 15.6. The van der Waals surface area contributed by atoms with E-state index < -0.39 is 0 Å². The summed E-state index contributed by atoms with van der Waals surface area (Å²) in [6.45, 7) is 2.08. The van der Waals surface area contributed by atoms with Crippen molar-refractivity contribution in [1.82, 2.24) is 14.9 Å². The van der Waals surface area contributed by atoms with Crippen molar-refractivity contribution in [2.45, 2.75) is 37.6 Å². The number of nitrogens with zero attached hydrogens (tertiary/aromatic N) is 5. The Morgan fingerprint density at radius 3 is 2.96 bits per heavy atom. The monoisotopic (exact) mass is 374 g/mol. The van der Waals surface area contributed by atoms with Gasteiger partial charge >= 0.3 is 0 Å². The van der Waals surface area contributed by atoms with Gasteiger partial charge < -0.3 is 10.2 Å². The Hall–Kier alpha value is -3.14. The molecular weight excluding hydrogens is 352 g/mol. The van der Waals surface area contributed by atoms with Gasteiger partial charge in [-0.3, -0.25) is 9.69 Å². The Labute approximate surface area is 164 Å². The van der Waals surface area contributed by atoms with Crippen LogP contribution < -0.4 is 10.2 Å². The lowest BCUT2D eigenvalue weighted by molar-refractivity contribution is 0.0975. The van der Waals surface area contributed by atoms with Gasteiger partial charge in [-0.1, -0.05) is 0 Å². The summed E-state index contributed by atoms with van der Waals surface area (Å²) in [6.07, 6.45) is 7.91. The van der Waals surface area contributed by atoms with Gasteiger partial charge in [0.05, 0.1) is 6.04 Å². The van der Waals surface area contributed by atoms with Crippen LogP contribution in [0.15, 0.2) is 30.5 Å². The van der Waals surface area contributed by atoms with Gasteiger partial charge in [0, 0.05) is 48.7 Å². The minimum absolute atomic E-state index is 0.0903. The minimum atomic E-state index is -0.104. The molecule has 0 spiro atoms. The van der Waals surface area contributed by atoms with Gasteiger partial charge in [-0.05, 0) is 55.5 Å². The molecule has 1 saturated heterocycles. The first-order valence-corrected chi connectivity index (χ1v) is 9.91. The molecule has 7 nitrogen and oxygen atoms in total. The smallest absolute Gasteiger partial charge is 0.260 e. The number of likely N-dealkylation sites (tertiary alicyclic amines) is 1. The number of nitriles is 1. The standard InChI is InChI=1S/C21H22N6O/c22-13-26-10-7-17(12-26)27(21-24-9-6-19(25-21)14-1-2-14)20(28)16-3-4-18-15(11-16)5-8-23-18/h3-4,6,9,11,14,17,23H,1-2,5,7-8,10,12H2/t17-/m1/s1. The van der Waals surface area contributed by atoms with Crippen molar-refractivity contribution in [3.63, 3.8) is 0 Å². The molecule has 0 radical (unpaired) electrons. The van der Waals surface area contributed by atoms with E-state index in [2.05, 4.69) is 16.5 Å². The third-order valence-corrected chi connectivity index (χ3v) is 5.83. The highest BCUT2D eigenvalue weighted by Gasteiger charge is 2.35. The van der Waals surface area contributed by atoms with Gasteiger partial charge in [-0.2, -0.15) is 5.26 Å². The zero-order chi connectivity index (χ0) is 19.1. The van der Waals surface area contributed by atoms with Crippen molar-refractivity contribution in [1.29, 1.82) is 5.26 Å². The lowest BCUT2D eigenvalue weighted by atomic mass is 10.1. The van der Waals surface area contributed by atoms with E-state index in [9.17, 15) is 10.1 Å². The molecule has 2 aliphatic heterocycles. The first-order valence-electron chi connectivity index (χ1n) is 9.91. The summed E-state index contributed by atoms with van der Waals surface area (Å²) in [5, 5.41) is 12.6. The van der Waals surface area contributed by atoms with Crippen molar-refractivity contribution >= 4 is 17.5 Å². The average molecular weight is 374 g/mol. The van der Waals surface area contributed by atoms with E-state index in [1.165, 1.54) is 5.56 Å². The largest absolute Gasteiger partial charge is 0.384 e. The summed E-state index contributed by atoms with van der Waals surface area (Å²) in [4.78, 5) is 26.1. The molecule has 1 N–H and O–H groups in total. The second-order valence-electron chi connectivity index (χ2n) is 7.77. The van der Waals surface area contributed by atoms with Gasteiger partial charge in [0.15, 0.2) is 6.19 Å². The molecule has 1 aliphatic carbocycles. The van der Waals surface area contributed by atoms with Gasteiger partial charge in [-0.15, -0.1) is 0 Å². The predicted molar refractivity (Wildman–Crippen MR) is 105 cm³/mol. The molecule has 1 aromatic carbocycles. The topological polar surface area (TPSA) is 85.2 Å². The van der Waals surface area contributed by atoms with E-state index in [0.717, 1.165) is 43.6 Å². The quantitative estimate of drug-likeness (QED) is 0.828. The molecule has 1 atom stereocenters. The van der Waals surface area contributed by atoms with Crippen molar-refractivity contribution in [3.8, 4) is 6.19 Å². The number of fused-ring (bicyclic) bond motifs is 1. The molecule has 3 heterocycles. The third kappa shape index (κ3) is 3.05. The maximum atomic E-state index is 13.5. The summed E-state index contributed by atoms with van der Waals surface area (Å²) in [5.41, 5.74) is 3.93. The van der Waals surface area contributed by atoms with Crippen LogP contribution in [0.5, 0.6) is 0 Å². The Kier molecular flexibility index (Phi) is 4.12. The first-order chi connectivity index (χ1) is 13.7. The van der Waals surface area contributed by atoms with Crippen LogP contribution in [0.1, 0.15) is 46.8 Å². The number of rotatable bonds is 4.